The van der Waals surface area contributed by atoms with E-state index in [4.69, 9.17) is 20.2 Å². The van der Waals surface area contributed by atoms with Crippen molar-refractivity contribution in [3.05, 3.63) is 36.7 Å². The number of fused-ring (bicyclic) bond motifs is 2. The Morgan fingerprint density at radius 1 is 1.23 bits per heavy atom. The second-order valence-corrected chi connectivity index (χ2v) is 10.8. The van der Waals surface area contributed by atoms with Crippen LogP contribution in [0.15, 0.2) is 30.9 Å². The summed E-state index contributed by atoms with van der Waals surface area (Å²) in [6, 6.07) is 6.17. The van der Waals surface area contributed by atoms with E-state index in [-0.39, 0.29) is 24.6 Å². The van der Waals surface area contributed by atoms with E-state index in [1.165, 1.54) is 17.2 Å². The minimum Gasteiger partial charge on any atom is -0.491 e. The van der Waals surface area contributed by atoms with Gasteiger partial charge in [-0.1, -0.05) is 0 Å². The molecule has 12 nitrogen and oxygen atoms in total. The SMILES string of the molecule is CC(C)Oc1ccc2nc(CCCCN(CC3OCC(O)(n4cnc5c(N)ncnc54)C3O)C(C)C)[nH]c2c1. The number of aromatic nitrogens is 6. The van der Waals surface area contributed by atoms with Crippen molar-refractivity contribution in [2.75, 3.05) is 25.4 Å². The first-order valence-corrected chi connectivity index (χ1v) is 13.5. The molecule has 1 fully saturated rings. The lowest BCUT2D eigenvalue weighted by molar-refractivity contribution is -0.109. The number of aliphatic hydroxyl groups excluding tert-OH is 1. The third-order valence-corrected chi connectivity index (χ3v) is 7.24. The molecule has 210 valence electrons. The maximum Gasteiger partial charge on any atom is 0.197 e. The molecule has 12 heteroatoms. The van der Waals surface area contributed by atoms with Gasteiger partial charge in [-0.05, 0) is 59.2 Å². The number of aromatic amines is 1. The number of nitrogens with two attached hydrogens (primary N) is 1. The Morgan fingerprint density at radius 2 is 2.05 bits per heavy atom. The molecule has 3 atom stereocenters. The zero-order valence-electron chi connectivity index (χ0n) is 22.9. The second kappa shape index (κ2) is 11.0. The van der Waals surface area contributed by atoms with Crippen LogP contribution in [0.1, 0.15) is 46.4 Å². The molecule has 4 aromatic rings. The number of hydrogen-bond donors (Lipinski definition) is 4. The molecule has 4 heterocycles. The van der Waals surface area contributed by atoms with Crippen LogP contribution in [-0.4, -0.2) is 88.7 Å². The van der Waals surface area contributed by atoms with E-state index in [1.54, 1.807) is 0 Å². The number of aliphatic hydroxyl groups is 2. The average molecular weight is 539 g/mol. The van der Waals surface area contributed by atoms with Gasteiger partial charge in [-0.2, -0.15) is 0 Å². The van der Waals surface area contributed by atoms with Crippen molar-refractivity contribution in [1.82, 2.24) is 34.4 Å². The highest BCUT2D eigenvalue weighted by atomic mass is 16.5. The van der Waals surface area contributed by atoms with Crippen molar-refractivity contribution in [3.8, 4) is 5.75 Å². The van der Waals surface area contributed by atoms with Crippen LogP contribution in [0.3, 0.4) is 0 Å². The fourth-order valence-electron chi connectivity index (χ4n) is 5.11. The van der Waals surface area contributed by atoms with Crippen LogP contribution in [0.2, 0.25) is 0 Å². The molecule has 3 aromatic heterocycles. The lowest BCUT2D eigenvalue weighted by Gasteiger charge is -2.32. The van der Waals surface area contributed by atoms with Crippen LogP contribution < -0.4 is 10.5 Å². The van der Waals surface area contributed by atoms with Crippen molar-refractivity contribution in [1.29, 1.82) is 0 Å². The van der Waals surface area contributed by atoms with E-state index >= 15 is 0 Å². The highest BCUT2D eigenvalue weighted by Gasteiger charge is 2.50. The van der Waals surface area contributed by atoms with Crippen LogP contribution in [0.25, 0.3) is 22.2 Å². The van der Waals surface area contributed by atoms with Gasteiger partial charge in [0, 0.05) is 25.1 Å². The number of anilines is 1. The summed E-state index contributed by atoms with van der Waals surface area (Å²) in [5, 5.41) is 22.6. The van der Waals surface area contributed by atoms with Gasteiger partial charge < -0.3 is 30.4 Å². The molecule has 5 rings (SSSR count). The first-order chi connectivity index (χ1) is 18.7. The Morgan fingerprint density at radius 3 is 2.82 bits per heavy atom. The first-order valence-electron chi connectivity index (χ1n) is 13.5. The van der Waals surface area contributed by atoms with E-state index < -0.39 is 17.9 Å². The Hall–Kier alpha value is -3.32. The number of aryl methyl sites for hydroxylation is 1. The van der Waals surface area contributed by atoms with Crippen LogP contribution in [-0.2, 0) is 16.9 Å². The van der Waals surface area contributed by atoms with Crippen LogP contribution in [0, 0.1) is 0 Å². The number of H-pyrrole nitrogens is 1. The Kier molecular flexibility index (Phi) is 7.72. The van der Waals surface area contributed by atoms with Crippen LogP contribution in [0.4, 0.5) is 5.82 Å². The molecule has 1 aliphatic rings. The Labute approximate surface area is 227 Å². The third kappa shape index (κ3) is 5.55. The van der Waals surface area contributed by atoms with Crippen molar-refractivity contribution in [2.24, 2.45) is 0 Å². The molecule has 0 bridgehead atoms. The molecule has 0 spiro atoms. The molecule has 1 aromatic carbocycles. The molecule has 0 radical (unpaired) electrons. The Balaban J connectivity index is 1.17. The number of ether oxygens (including phenoxy) is 2. The summed E-state index contributed by atoms with van der Waals surface area (Å²) in [4.78, 5) is 22.8. The molecular weight excluding hydrogens is 500 g/mol. The molecular formula is C27H38N8O4. The molecule has 3 unspecified atom stereocenters. The number of imidazole rings is 2. The lowest BCUT2D eigenvalue weighted by atomic mass is 10.0. The van der Waals surface area contributed by atoms with Gasteiger partial charge in [0.2, 0.25) is 0 Å². The minimum atomic E-state index is -1.70. The number of hydrogen-bond acceptors (Lipinski definition) is 10. The Bertz CT molecular complexity index is 1420. The monoisotopic (exact) mass is 538 g/mol. The summed E-state index contributed by atoms with van der Waals surface area (Å²) < 4.78 is 13.1. The number of rotatable bonds is 11. The standard InChI is InChI=1S/C27H38N8O4/c1-16(2)34(10-6-5-7-22-32-19-9-8-18(39-17(3)4)11-20(19)33-22)12-21-24(36)27(37,13-38-21)35-15-31-23-25(28)29-14-30-26(23)35/h8-9,11,14-17,21,24,36-37H,5-7,10,12-13H2,1-4H3,(H,32,33)(H2,28,29,30). The van der Waals surface area contributed by atoms with E-state index in [1.807, 2.05) is 32.0 Å². The van der Waals surface area contributed by atoms with E-state index in [9.17, 15) is 10.2 Å². The predicted octanol–water partition coefficient (Wildman–Crippen LogP) is 2.21. The van der Waals surface area contributed by atoms with E-state index in [0.29, 0.717) is 17.7 Å². The van der Waals surface area contributed by atoms with Gasteiger partial charge in [0.15, 0.2) is 17.2 Å². The van der Waals surface area contributed by atoms with Gasteiger partial charge in [-0.25, -0.2) is 19.9 Å². The van der Waals surface area contributed by atoms with Crippen molar-refractivity contribution in [2.45, 2.75) is 77.0 Å². The summed E-state index contributed by atoms with van der Waals surface area (Å²) in [6.45, 7) is 9.48. The lowest BCUT2D eigenvalue weighted by Crippen LogP contribution is -2.49. The smallest absolute Gasteiger partial charge is 0.197 e. The van der Waals surface area contributed by atoms with Crippen LogP contribution in [0.5, 0.6) is 5.75 Å². The number of nitrogens with zero attached hydrogens (tertiary/aromatic N) is 6. The highest BCUT2D eigenvalue weighted by molar-refractivity contribution is 5.81. The van der Waals surface area contributed by atoms with Gasteiger partial charge in [-0.15, -0.1) is 0 Å². The molecule has 1 aliphatic heterocycles. The summed E-state index contributed by atoms with van der Waals surface area (Å²) in [5.41, 5.74) is 6.82. The van der Waals surface area contributed by atoms with Gasteiger partial charge in [0.1, 0.15) is 35.6 Å². The van der Waals surface area contributed by atoms with Crippen molar-refractivity contribution < 1.29 is 19.7 Å². The van der Waals surface area contributed by atoms with Gasteiger partial charge in [-0.3, -0.25) is 9.47 Å². The molecule has 39 heavy (non-hydrogen) atoms. The minimum absolute atomic E-state index is 0.0872. The zero-order chi connectivity index (χ0) is 27.7. The fourth-order valence-corrected chi connectivity index (χ4v) is 5.11. The first kappa shape index (κ1) is 27.3. The number of unbranched alkanes of at least 4 members (excludes halogenated alkanes) is 1. The largest absolute Gasteiger partial charge is 0.491 e. The zero-order valence-corrected chi connectivity index (χ0v) is 22.9. The predicted molar refractivity (Wildman–Crippen MR) is 147 cm³/mol. The van der Waals surface area contributed by atoms with E-state index in [2.05, 4.69) is 38.7 Å². The number of benzene rings is 1. The fraction of sp³-hybridized carbons (Fsp3) is 0.556. The topological polar surface area (TPSA) is 160 Å². The van der Waals surface area contributed by atoms with Gasteiger partial charge in [0.05, 0.1) is 30.1 Å². The maximum absolute atomic E-state index is 11.4. The summed E-state index contributed by atoms with van der Waals surface area (Å²) in [6.07, 6.45) is 3.84. The highest BCUT2D eigenvalue weighted by Crippen LogP contribution is 2.33. The van der Waals surface area contributed by atoms with Crippen molar-refractivity contribution >= 4 is 28.0 Å². The number of nitrogens with one attached hydrogen (secondary N) is 1. The third-order valence-electron chi connectivity index (χ3n) is 7.24. The van der Waals surface area contributed by atoms with Crippen LogP contribution >= 0.6 is 0 Å². The molecule has 5 N–H and O–H groups in total. The molecule has 0 aliphatic carbocycles. The van der Waals surface area contributed by atoms with Crippen molar-refractivity contribution in [3.63, 3.8) is 0 Å². The maximum atomic E-state index is 11.4. The summed E-state index contributed by atoms with van der Waals surface area (Å²) in [7, 11) is 0. The van der Waals surface area contributed by atoms with E-state index in [0.717, 1.165) is 48.4 Å². The quantitative estimate of drug-likeness (QED) is 0.208. The number of nitrogen functional groups attached to an aromatic ring is 1. The van der Waals surface area contributed by atoms with Gasteiger partial charge in [0.25, 0.3) is 0 Å². The second-order valence-electron chi connectivity index (χ2n) is 10.8. The molecule has 0 amide bonds. The average Bonchev–Trinajstić information content (AvgIpc) is 3.58. The summed E-state index contributed by atoms with van der Waals surface area (Å²) in [5.74, 6) is 2.01. The van der Waals surface area contributed by atoms with Gasteiger partial charge >= 0.3 is 0 Å². The summed E-state index contributed by atoms with van der Waals surface area (Å²) >= 11 is 0. The molecule has 0 saturated carbocycles. The normalized spacial score (nSPS) is 21.8. The molecule has 1 saturated heterocycles.